The van der Waals surface area contributed by atoms with Gasteiger partial charge in [0.2, 0.25) is 11.8 Å². The van der Waals surface area contributed by atoms with E-state index in [9.17, 15) is 9.59 Å². The molecule has 8 heteroatoms. The number of aromatic nitrogens is 4. The third kappa shape index (κ3) is 5.16. The van der Waals surface area contributed by atoms with E-state index in [0.29, 0.717) is 18.1 Å². The number of rotatable bonds is 7. The largest absolute Gasteiger partial charge is 0.370 e. The van der Waals surface area contributed by atoms with E-state index >= 15 is 0 Å². The van der Waals surface area contributed by atoms with Crippen LogP contribution < -0.4 is 4.90 Å². The molecule has 158 valence electrons. The van der Waals surface area contributed by atoms with Crippen LogP contribution in [0.3, 0.4) is 0 Å². The van der Waals surface area contributed by atoms with Crippen molar-refractivity contribution < 1.29 is 9.59 Å². The van der Waals surface area contributed by atoms with Crippen molar-refractivity contribution in [2.75, 3.05) is 18.0 Å². The summed E-state index contributed by atoms with van der Waals surface area (Å²) in [7, 11) is 0. The van der Waals surface area contributed by atoms with Crippen LogP contribution in [0.15, 0.2) is 36.4 Å². The Morgan fingerprint density at radius 2 is 1.27 bits per heavy atom. The molecule has 0 fully saturated rings. The lowest BCUT2D eigenvalue weighted by Crippen LogP contribution is -2.31. The monoisotopic (exact) mass is 427 g/mol. The van der Waals surface area contributed by atoms with Gasteiger partial charge in [-0.3, -0.25) is 9.59 Å². The van der Waals surface area contributed by atoms with Gasteiger partial charge in [0.1, 0.15) is 0 Å². The number of aryl methyl sites for hydroxylation is 4. The lowest BCUT2D eigenvalue weighted by Gasteiger charge is -2.24. The molecule has 0 bridgehead atoms. The number of benzene rings is 1. The van der Waals surface area contributed by atoms with Crippen LogP contribution in [0.25, 0.3) is 0 Å². The highest BCUT2D eigenvalue weighted by molar-refractivity contribution is 6.30. The highest BCUT2D eigenvalue weighted by Crippen LogP contribution is 2.19. The number of hydrogen-bond acceptors (Lipinski definition) is 5. The van der Waals surface area contributed by atoms with E-state index in [2.05, 4.69) is 10.2 Å². The van der Waals surface area contributed by atoms with Gasteiger partial charge in [0.25, 0.3) is 0 Å². The van der Waals surface area contributed by atoms with Gasteiger partial charge in [0, 0.05) is 48.0 Å². The van der Waals surface area contributed by atoms with Crippen LogP contribution in [0.2, 0.25) is 5.02 Å². The van der Waals surface area contributed by atoms with Crippen molar-refractivity contribution >= 4 is 29.1 Å². The number of halogens is 1. The fraction of sp³-hybridized carbons (Fsp3) is 0.364. The van der Waals surface area contributed by atoms with Gasteiger partial charge in [0.15, 0.2) is 0 Å². The van der Waals surface area contributed by atoms with Crippen molar-refractivity contribution in [3.63, 3.8) is 0 Å². The summed E-state index contributed by atoms with van der Waals surface area (Å²) < 4.78 is 2.88. The van der Waals surface area contributed by atoms with Gasteiger partial charge in [0.05, 0.1) is 11.4 Å². The number of nitrogens with zero attached hydrogens (tertiary/aromatic N) is 5. The molecule has 0 N–H and O–H groups in total. The van der Waals surface area contributed by atoms with Gasteiger partial charge in [-0.25, -0.2) is 9.36 Å². The highest BCUT2D eigenvalue weighted by Gasteiger charge is 2.16. The molecule has 0 saturated heterocycles. The second-order valence-corrected chi connectivity index (χ2v) is 7.87. The first-order chi connectivity index (χ1) is 14.2. The van der Waals surface area contributed by atoms with Crippen molar-refractivity contribution in [2.45, 2.75) is 40.5 Å². The Morgan fingerprint density at radius 3 is 1.63 bits per heavy atom. The van der Waals surface area contributed by atoms with Gasteiger partial charge in [-0.15, -0.1) is 0 Å². The number of anilines is 1. The minimum Gasteiger partial charge on any atom is -0.370 e. The Labute approximate surface area is 181 Å². The molecule has 0 amide bonds. The van der Waals surface area contributed by atoms with E-state index in [-0.39, 0.29) is 24.7 Å². The molecule has 0 aliphatic heterocycles. The Bertz CT molecular complexity index is 990. The third-order valence-corrected chi connectivity index (χ3v) is 5.13. The summed E-state index contributed by atoms with van der Waals surface area (Å²) in [5, 5.41) is 9.16. The van der Waals surface area contributed by atoms with E-state index in [4.69, 9.17) is 11.6 Å². The Kier molecular flexibility index (Phi) is 6.72. The Morgan fingerprint density at radius 1 is 0.833 bits per heavy atom. The molecule has 2 heterocycles. The third-order valence-electron chi connectivity index (χ3n) is 4.87. The van der Waals surface area contributed by atoms with Crippen LogP contribution in [-0.2, 0) is 0 Å². The Hall–Kier alpha value is -2.93. The van der Waals surface area contributed by atoms with Crippen LogP contribution in [-0.4, -0.2) is 44.5 Å². The summed E-state index contributed by atoms with van der Waals surface area (Å²) in [6.07, 6.45) is 0.553. The minimum atomic E-state index is -0.0792. The second kappa shape index (κ2) is 9.26. The van der Waals surface area contributed by atoms with Crippen molar-refractivity contribution in [3.8, 4) is 0 Å². The summed E-state index contributed by atoms with van der Waals surface area (Å²) in [6, 6.07) is 11.1. The molecule has 1 aromatic carbocycles. The summed E-state index contributed by atoms with van der Waals surface area (Å²) in [4.78, 5) is 27.3. The van der Waals surface area contributed by atoms with Crippen LogP contribution in [0, 0.1) is 27.7 Å². The van der Waals surface area contributed by atoms with E-state index in [0.717, 1.165) is 28.5 Å². The number of carbonyl (C=O) groups is 2. The van der Waals surface area contributed by atoms with Crippen molar-refractivity contribution in [2.24, 2.45) is 0 Å². The molecular formula is C22H26ClN5O2. The van der Waals surface area contributed by atoms with Gasteiger partial charge in [-0.1, -0.05) is 11.6 Å². The van der Waals surface area contributed by atoms with Crippen molar-refractivity contribution in [1.82, 2.24) is 19.6 Å². The van der Waals surface area contributed by atoms with Gasteiger partial charge in [-0.2, -0.15) is 10.2 Å². The topological polar surface area (TPSA) is 73.0 Å². The van der Waals surface area contributed by atoms with Crippen LogP contribution in [0.4, 0.5) is 5.69 Å². The van der Waals surface area contributed by atoms with Crippen molar-refractivity contribution in [1.29, 1.82) is 0 Å². The summed E-state index contributed by atoms with van der Waals surface area (Å²) in [5.41, 5.74) is 4.16. The average molecular weight is 428 g/mol. The summed E-state index contributed by atoms with van der Waals surface area (Å²) >= 11 is 6.02. The molecular weight excluding hydrogens is 402 g/mol. The van der Waals surface area contributed by atoms with Crippen molar-refractivity contribution in [3.05, 3.63) is 64.2 Å². The highest BCUT2D eigenvalue weighted by atomic mass is 35.5. The molecule has 0 spiro atoms. The normalized spacial score (nSPS) is 11.0. The fourth-order valence-corrected chi connectivity index (χ4v) is 3.58. The predicted octanol–water partition coefficient (Wildman–Crippen LogP) is 4.23. The molecule has 3 aromatic rings. The van der Waals surface area contributed by atoms with E-state index in [1.54, 1.807) is 12.1 Å². The van der Waals surface area contributed by atoms with E-state index in [1.165, 1.54) is 9.36 Å². The summed E-state index contributed by atoms with van der Waals surface area (Å²) in [5.74, 6) is -0.158. The number of hydrogen-bond donors (Lipinski definition) is 0. The zero-order valence-electron chi connectivity index (χ0n) is 17.7. The van der Waals surface area contributed by atoms with Crippen LogP contribution in [0.1, 0.15) is 45.2 Å². The van der Waals surface area contributed by atoms with Crippen LogP contribution in [0.5, 0.6) is 0 Å². The first-order valence-corrected chi connectivity index (χ1v) is 10.3. The smallest absolute Gasteiger partial charge is 0.248 e. The molecule has 2 aromatic heterocycles. The second-order valence-electron chi connectivity index (χ2n) is 7.43. The quantitative estimate of drug-likeness (QED) is 0.564. The zero-order valence-corrected chi connectivity index (χ0v) is 18.5. The minimum absolute atomic E-state index is 0.0792. The molecule has 0 aliphatic rings. The SMILES string of the molecule is Cc1cc(C)n(C(=O)CCN(CCC(=O)n2nc(C)cc2C)c2ccc(Cl)cc2)n1. The maximum Gasteiger partial charge on any atom is 0.248 e. The molecule has 0 aliphatic carbocycles. The number of carbonyl (C=O) groups excluding carboxylic acids is 2. The lowest BCUT2D eigenvalue weighted by molar-refractivity contribution is 0.0885. The molecule has 0 radical (unpaired) electrons. The summed E-state index contributed by atoms with van der Waals surface area (Å²) in [6.45, 7) is 8.37. The molecule has 30 heavy (non-hydrogen) atoms. The molecule has 7 nitrogen and oxygen atoms in total. The lowest BCUT2D eigenvalue weighted by atomic mass is 10.2. The molecule has 0 atom stereocenters. The predicted molar refractivity (Wildman–Crippen MR) is 118 cm³/mol. The fourth-order valence-electron chi connectivity index (χ4n) is 3.46. The Balaban J connectivity index is 1.71. The standard InChI is InChI=1S/C22H26ClN5O2/c1-15-13-17(3)27(24-15)21(29)9-11-26(20-7-5-19(23)6-8-20)12-10-22(30)28-18(4)14-16(2)25-28/h5-8,13-14H,9-12H2,1-4H3. The average Bonchev–Trinajstić information content (AvgIpc) is 3.22. The molecule has 0 unspecified atom stereocenters. The zero-order chi connectivity index (χ0) is 21.8. The molecule has 0 saturated carbocycles. The van der Waals surface area contributed by atoms with Gasteiger partial charge < -0.3 is 4.90 Å². The first-order valence-electron chi connectivity index (χ1n) is 9.88. The maximum absolute atomic E-state index is 12.6. The maximum atomic E-state index is 12.6. The van der Waals surface area contributed by atoms with Crippen LogP contribution >= 0.6 is 11.6 Å². The molecule has 3 rings (SSSR count). The van der Waals surface area contributed by atoms with E-state index in [1.807, 2.05) is 56.9 Å². The van der Waals surface area contributed by atoms with Gasteiger partial charge >= 0.3 is 0 Å². The van der Waals surface area contributed by atoms with E-state index < -0.39 is 0 Å². The first kappa shape index (κ1) is 21.8. The van der Waals surface area contributed by atoms with Gasteiger partial charge in [-0.05, 0) is 64.1 Å².